The molecule has 11 aromatic rings. The van der Waals surface area contributed by atoms with Crippen molar-refractivity contribution in [1.29, 1.82) is 0 Å². The van der Waals surface area contributed by atoms with Crippen molar-refractivity contribution >= 4 is 60.4 Å². The van der Waals surface area contributed by atoms with Crippen molar-refractivity contribution in [2.24, 2.45) is 0 Å². The second-order valence-corrected chi connectivity index (χ2v) is 16.9. The first-order chi connectivity index (χ1) is 30.0. The highest BCUT2D eigenvalue weighted by molar-refractivity contribution is 6.12. The van der Waals surface area contributed by atoms with Crippen LogP contribution in [0.25, 0.3) is 82.4 Å². The van der Waals surface area contributed by atoms with Crippen molar-refractivity contribution in [1.82, 2.24) is 4.57 Å². The smallest absolute Gasteiger partial charge is 0.0541 e. The van der Waals surface area contributed by atoms with E-state index in [1.807, 2.05) is 0 Å². The molecule has 288 valence electrons. The molecule has 10 aromatic carbocycles. The third kappa shape index (κ3) is 5.49. The van der Waals surface area contributed by atoms with Crippen molar-refractivity contribution in [3.05, 3.63) is 230 Å². The predicted octanol–water partition coefficient (Wildman–Crippen LogP) is 16.2. The summed E-state index contributed by atoms with van der Waals surface area (Å²) in [7, 11) is 0. The monoisotopic (exact) mass is 778 g/mol. The normalized spacial score (nSPS) is 12.9. The number of hydrogen-bond acceptors (Lipinski definition) is 1. The van der Waals surface area contributed by atoms with Gasteiger partial charge in [0.1, 0.15) is 0 Å². The quantitative estimate of drug-likeness (QED) is 0.153. The molecule has 2 nitrogen and oxygen atoms in total. The van der Waals surface area contributed by atoms with Gasteiger partial charge in [0.2, 0.25) is 0 Å². The van der Waals surface area contributed by atoms with Crippen molar-refractivity contribution < 1.29 is 0 Å². The molecule has 0 bridgehead atoms. The Morgan fingerprint density at radius 2 is 0.984 bits per heavy atom. The van der Waals surface area contributed by atoms with E-state index < -0.39 is 0 Å². The van der Waals surface area contributed by atoms with E-state index in [4.69, 9.17) is 0 Å². The number of anilines is 3. The molecule has 0 spiro atoms. The molecule has 1 heterocycles. The SMILES string of the molecule is CC1(C)c2ccccc2-c2cccc(N(c3ccc(-c4ccc5c(c4)c4ccccc4n5-c4ccccc4)cc3)c3ccc(-c4cccc5c4ccc4ccccc45)cc3)c21. The Balaban J connectivity index is 0.984. The number of fused-ring (bicyclic) bond motifs is 9. The summed E-state index contributed by atoms with van der Waals surface area (Å²) in [5.41, 5.74) is 17.0. The van der Waals surface area contributed by atoms with Gasteiger partial charge >= 0.3 is 0 Å². The van der Waals surface area contributed by atoms with E-state index in [1.165, 1.54) is 99.2 Å². The van der Waals surface area contributed by atoms with Crippen LogP contribution in [-0.4, -0.2) is 4.57 Å². The van der Waals surface area contributed by atoms with Crippen molar-refractivity contribution in [2.45, 2.75) is 19.3 Å². The highest BCUT2D eigenvalue weighted by Crippen LogP contribution is 2.54. The lowest BCUT2D eigenvalue weighted by Gasteiger charge is -2.32. The lowest BCUT2D eigenvalue weighted by molar-refractivity contribution is 0.661. The number of hydrogen-bond donors (Lipinski definition) is 0. The minimum atomic E-state index is -0.180. The fourth-order valence-electron chi connectivity index (χ4n) is 10.3. The molecule has 1 aromatic heterocycles. The van der Waals surface area contributed by atoms with E-state index in [-0.39, 0.29) is 5.41 Å². The molecule has 0 radical (unpaired) electrons. The predicted molar refractivity (Wildman–Crippen MR) is 259 cm³/mol. The second kappa shape index (κ2) is 13.7. The minimum absolute atomic E-state index is 0.180. The Kier molecular flexibility index (Phi) is 7.92. The van der Waals surface area contributed by atoms with Crippen LogP contribution in [0.3, 0.4) is 0 Å². The van der Waals surface area contributed by atoms with Crippen LogP contribution in [0.2, 0.25) is 0 Å². The zero-order valence-corrected chi connectivity index (χ0v) is 34.2. The van der Waals surface area contributed by atoms with Gasteiger partial charge in [0, 0.05) is 33.2 Å². The van der Waals surface area contributed by atoms with Crippen LogP contribution in [0, 0.1) is 0 Å². The van der Waals surface area contributed by atoms with Gasteiger partial charge < -0.3 is 9.47 Å². The van der Waals surface area contributed by atoms with Gasteiger partial charge in [-0.2, -0.15) is 0 Å². The Morgan fingerprint density at radius 3 is 1.80 bits per heavy atom. The van der Waals surface area contributed by atoms with Gasteiger partial charge in [-0.15, -0.1) is 0 Å². The van der Waals surface area contributed by atoms with Gasteiger partial charge in [-0.1, -0.05) is 172 Å². The molecule has 0 saturated heterocycles. The number of benzene rings is 10. The highest BCUT2D eigenvalue weighted by Gasteiger charge is 2.38. The van der Waals surface area contributed by atoms with Crippen LogP contribution in [0.1, 0.15) is 25.0 Å². The molecule has 0 fully saturated rings. The molecule has 1 aliphatic rings. The summed E-state index contributed by atoms with van der Waals surface area (Å²) in [4.78, 5) is 2.47. The lowest BCUT2D eigenvalue weighted by atomic mass is 9.81. The first-order valence-electron chi connectivity index (χ1n) is 21.3. The summed E-state index contributed by atoms with van der Waals surface area (Å²) in [6, 6.07) is 80.3. The van der Waals surface area contributed by atoms with E-state index in [0.717, 1.165) is 11.4 Å². The van der Waals surface area contributed by atoms with Gasteiger partial charge in [0.25, 0.3) is 0 Å². The summed E-state index contributed by atoms with van der Waals surface area (Å²) in [5, 5.41) is 7.61. The van der Waals surface area contributed by atoms with Crippen LogP contribution < -0.4 is 4.90 Å². The Labute approximate surface area is 356 Å². The largest absolute Gasteiger partial charge is 0.310 e. The zero-order valence-electron chi connectivity index (χ0n) is 34.2. The number of para-hydroxylation sites is 2. The average molecular weight is 779 g/mol. The van der Waals surface area contributed by atoms with Gasteiger partial charge in [0.05, 0.1) is 16.7 Å². The van der Waals surface area contributed by atoms with Crippen LogP contribution >= 0.6 is 0 Å². The molecular weight excluding hydrogens is 737 g/mol. The van der Waals surface area contributed by atoms with Gasteiger partial charge in [0.15, 0.2) is 0 Å². The fraction of sp³-hybridized carbons (Fsp3) is 0.0508. The van der Waals surface area contributed by atoms with E-state index >= 15 is 0 Å². The summed E-state index contributed by atoms with van der Waals surface area (Å²) in [6.45, 7) is 4.75. The van der Waals surface area contributed by atoms with E-state index in [9.17, 15) is 0 Å². The summed E-state index contributed by atoms with van der Waals surface area (Å²) in [6.07, 6.45) is 0. The molecule has 0 aliphatic heterocycles. The summed E-state index contributed by atoms with van der Waals surface area (Å²) >= 11 is 0. The molecule has 2 heteroatoms. The Morgan fingerprint density at radius 1 is 0.377 bits per heavy atom. The number of aromatic nitrogens is 1. The molecule has 0 amide bonds. The maximum Gasteiger partial charge on any atom is 0.0541 e. The molecule has 12 rings (SSSR count). The standard InChI is InChI=1S/C59H42N2/c1-59(2)54-23-10-8-18-50(54)52-22-13-25-57(58(52)59)60(45-34-28-41(29-35-45)47-20-12-21-48-46-17-7-6-14-40(46)30-36-49(47)48)44-32-26-39(27-33-44)42-31-37-56-53(38-42)51-19-9-11-24-55(51)61(56)43-15-4-3-5-16-43/h3-38H,1-2H3. The van der Waals surface area contributed by atoms with E-state index in [1.54, 1.807) is 0 Å². The Hall–Kier alpha value is -7.68. The number of rotatable bonds is 6. The van der Waals surface area contributed by atoms with Crippen LogP contribution in [0.15, 0.2) is 218 Å². The second-order valence-electron chi connectivity index (χ2n) is 16.9. The highest BCUT2D eigenvalue weighted by atomic mass is 15.1. The number of nitrogens with zero attached hydrogens (tertiary/aromatic N) is 2. The van der Waals surface area contributed by atoms with Gasteiger partial charge in [-0.3, -0.25) is 0 Å². The first-order valence-corrected chi connectivity index (χ1v) is 21.3. The molecule has 1 aliphatic carbocycles. The molecule has 0 atom stereocenters. The van der Waals surface area contributed by atoms with Crippen molar-refractivity contribution in [3.8, 4) is 39.1 Å². The lowest BCUT2D eigenvalue weighted by Crippen LogP contribution is -2.20. The Bertz CT molecular complexity index is 3480. The fourth-order valence-corrected chi connectivity index (χ4v) is 10.3. The van der Waals surface area contributed by atoms with Crippen LogP contribution in [0.5, 0.6) is 0 Å². The van der Waals surface area contributed by atoms with E-state index in [0.29, 0.717) is 0 Å². The molecular formula is C59H42N2. The third-order valence-corrected chi connectivity index (χ3v) is 13.2. The van der Waals surface area contributed by atoms with Crippen molar-refractivity contribution in [3.63, 3.8) is 0 Å². The van der Waals surface area contributed by atoms with Gasteiger partial charge in [-0.25, -0.2) is 0 Å². The molecule has 0 saturated carbocycles. The topological polar surface area (TPSA) is 8.17 Å². The summed E-state index contributed by atoms with van der Waals surface area (Å²) in [5.74, 6) is 0. The summed E-state index contributed by atoms with van der Waals surface area (Å²) < 4.78 is 2.38. The first kappa shape index (κ1) is 35.3. The third-order valence-electron chi connectivity index (χ3n) is 13.2. The molecule has 0 unspecified atom stereocenters. The molecule has 0 N–H and O–H groups in total. The minimum Gasteiger partial charge on any atom is -0.310 e. The van der Waals surface area contributed by atoms with Crippen LogP contribution in [-0.2, 0) is 5.41 Å². The van der Waals surface area contributed by atoms with Crippen LogP contribution in [0.4, 0.5) is 17.1 Å². The molecule has 61 heavy (non-hydrogen) atoms. The van der Waals surface area contributed by atoms with Crippen molar-refractivity contribution in [2.75, 3.05) is 4.90 Å². The average Bonchev–Trinajstić information content (AvgIpc) is 3.78. The van der Waals surface area contributed by atoms with E-state index in [2.05, 4.69) is 242 Å². The van der Waals surface area contributed by atoms with Gasteiger partial charge in [-0.05, 0) is 127 Å². The maximum atomic E-state index is 2.47. The maximum absolute atomic E-state index is 2.47. The zero-order chi connectivity index (χ0) is 40.7.